The number of benzene rings is 1. The van der Waals surface area contributed by atoms with E-state index in [0.29, 0.717) is 31.6 Å². The summed E-state index contributed by atoms with van der Waals surface area (Å²) < 4.78 is 20.5. The molecule has 6 nitrogen and oxygen atoms in total. The zero-order valence-electron chi connectivity index (χ0n) is 12.4. The second-order valence-corrected chi connectivity index (χ2v) is 5.32. The summed E-state index contributed by atoms with van der Waals surface area (Å²) >= 11 is 0. The number of amides is 1. The van der Waals surface area contributed by atoms with Crippen LogP contribution in [0, 0.1) is 5.82 Å². The van der Waals surface area contributed by atoms with Crippen LogP contribution in [0.2, 0.25) is 0 Å². The van der Waals surface area contributed by atoms with Crippen molar-refractivity contribution in [2.75, 3.05) is 26.2 Å². The van der Waals surface area contributed by atoms with Crippen LogP contribution in [0.15, 0.2) is 18.2 Å². The average Bonchev–Trinajstić information content (AvgIpc) is 2.83. The lowest BCUT2D eigenvalue weighted by Crippen LogP contribution is -2.48. The maximum absolute atomic E-state index is 13.2. The molecule has 1 aliphatic heterocycles. The normalized spacial score (nSPS) is 18.5. The molecule has 1 fully saturated rings. The Hall–Kier alpha value is -1.99. The van der Waals surface area contributed by atoms with Gasteiger partial charge >= 0.3 is 0 Å². The summed E-state index contributed by atoms with van der Waals surface area (Å²) in [6, 6.07) is 4.54. The van der Waals surface area contributed by atoms with E-state index in [1.807, 2.05) is 11.6 Å². The highest BCUT2D eigenvalue weighted by Crippen LogP contribution is 2.16. The molecule has 3 rings (SSSR count). The van der Waals surface area contributed by atoms with Gasteiger partial charge in [-0.25, -0.2) is 9.37 Å². The topological polar surface area (TPSA) is 68.2 Å². The second kappa shape index (κ2) is 6.41. The zero-order chi connectivity index (χ0) is 15.5. The van der Waals surface area contributed by atoms with Gasteiger partial charge in [-0.2, -0.15) is 0 Å². The molecule has 1 aromatic heterocycles. The fourth-order valence-electron chi connectivity index (χ4n) is 2.59. The first-order valence-electron chi connectivity index (χ1n) is 7.36. The summed E-state index contributed by atoms with van der Waals surface area (Å²) in [6.07, 6.45) is 0.155. The first kappa shape index (κ1) is 14.9. The second-order valence-electron chi connectivity index (χ2n) is 5.32. The smallest absolute Gasteiger partial charge is 0.250 e. The summed E-state index contributed by atoms with van der Waals surface area (Å²) in [6.45, 7) is 2.34. The fourth-order valence-corrected chi connectivity index (χ4v) is 2.59. The standard InChI is InChI=1S/C15H19FN4O2/c1-20-12-3-2-10(16)8-11(12)19-14(20)4-5-18-15(21)13-9-17-6-7-22-13/h2-3,8,13,17H,4-7,9H2,1H3,(H,18,21)/t13-/m0/s1. The van der Waals surface area contributed by atoms with Crippen molar-refractivity contribution >= 4 is 16.9 Å². The maximum atomic E-state index is 13.2. The number of hydrogen-bond donors (Lipinski definition) is 2. The van der Waals surface area contributed by atoms with Gasteiger partial charge in [-0.15, -0.1) is 0 Å². The van der Waals surface area contributed by atoms with Crippen molar-refractivity contribution in [3.63, 3.8) is 0 Å². The number of aromatic nitrogens is 2. The first-order valence-corrected chi connectivity index (χ1v) is 7.36. The van der Waals surface area contributed by atoms with Gasteiger partial charge in [-0.05, 0) is 12.1 Å². The minimum absolute atomic E-state index is 0.114. The minimum atomic E-state index is -0.428. The van der Waals surface area contributed by atoms with Crippen LogP contribution < -0.4 is 10.6 Å². The summed E-state index contributed by atoms with van der Waals surface area (Å²) in [7, 11) is 1.89. The van der Waals surface area contributed by atoms with Crippen LogP contribution in [0.25, 0.3) is 11.0 Å². The molecule has 2 aromatic rings. The van der Waals surface area contributed by atoms with Crippen molar-refractivity contribution in [1.29, 1.82) is 0 Å². The minimum Gasteiger partial charge on any atom is -0.366 e. The number of imidazole rings is 1. The van der Waals surface area contributed by atoms with Crippen LogP contribution in [0.4, 0.5) is 4.39 Å². The van der Waals surface area contributed by atoms with E-state index in [2.05, 4.69) is 15.6 Å². The molecule has 22 heavy (non-hydrogen) atoms. The van der Waals surface area contributed by atoms with Gasteiger partial charge in [0.25, 0.3) is 0 Å². The highest BCUT2D eigenvalue weighted by Gasteiger charge is 2.21. The SMILES string of the molecule is Cn1c(CCNC(=O)[C@@H]2CNCCO2)nc2cc(F)ccc21. The zero-order valence-corrected chi connectivity index (χ0v) is 12.4. The Labute approximate surface area is 127 Å². The third-order valence-electron chi connectivity index (χ3n) is 3.80. The van der Waals surface area contributed by atoms with Gasteiger partial charge in [0.2, 0.25) is 5.91 Å². The molecular weight excluding hydrogens is 287 g/mol. The van der Waals surface area contributed by atoms with Gasteiger partial charge in [0.05, 0.1) is 17.6 Å². The molecule has 0 unspecified atom stereocenters. The van der Waals surface area contributed by atoms with E-state index in [4.69, 9.17) is 4.74 Å². The molecule has 1 amide bonds. The molecule has 0 radical (unpaired) electrons. The highest BCUT2D eigenvalue weighted by atomic mass is 19.1. The Morgan fingerprint density at radius 3 is 3.23 bits per heavy atom. The van der Waals surface area contributed by atoms with E-state index in [-0.39, 0.29) is 11.7 Å². The summed E-state index contributed by atoms with van der Waals surface area (Å²) in [5, 5.41) is 5.97. The van der Waals surface area contributed by atoms with E-state index in [1.54, 1.807) is 6.07 Å². The Bertz CT molecular complexity index is 679. The fraction of sp³-hybridized carbons (Fsp3) is 0.467. The van der Waals surface area contributed by atoms with Crippen LogP contribution in [0.1, 0.15) is 5.82 Å². The number of nitrogens with one attached hydrogen (secondary N) is 2. The molecule has 0 saturated carbocycles. The maximum Gasteiger partial charge on any atom is 0.250 e. The number of hydrogen-bond acceptors (Lipinski definition) is 4. The highest BCUT2D eigenvalue weighted by molar-refractivity contribution is 5.81. The Balaban J connectivity index is 1.59. The van der Waals surface area contributed by atoms with Crippen molar-refractivity contribution in [3.8, 4) is 0 Å². The van der Waals surface area contributed by atoms with Gasteiger partial charge in [0, 0.05) is 39.2 Å². The Morgan fingerprint density at radius 2 is 2.45 bits per heavy atom. The Kier molecular flexibility index (Phi) is 4.35. The lowest BCUT2D eigenvalue weighted by atomic mass is 10.3. The summed E-state index contributed by atoms with van der Waals surface area (Å²) in [5.41, 5.74) is 1.51. The van der Waals surface area contributed by atoms with Crippen LogP contribution in [0.5, 0.6) is 0 Å². The number of nitrogens with zero attached hydrogens (tertiary/aromatic N) is 2. The number of ether oxygens (including phenoxy) is 1. The molecule has 1 saturated heterocycles. The monoisotopic (exact) mass is 306 g/mol. The van der Waals surface area contributed by atoms with Gasteiger partial charge in [0.1, 0.15) is 17.7 Å². The quantitative estimate of drug-likeness (QED) is 0.856. The van der Waals surface area contributed by atoms with E-state index < -0.39 is 6.10 Å². The van der Waals surface area contributed by atoms with Crippen LogP contribution in [-0.2, 0) is 23.0 Å². The molecule has 1 aromatic carbocycles. The molecule has 1 aliphatic rings. The van der Waals surface area contributed by atoms with Gasteiger partial charge in [-0.1, -0.05) is 0 Å². The number of morpholine rings is 1. The molecule has 0 aliphatic carbocycles. The largest absolute Gasteiger partial charge is 0.366 e. The molecule has 0 bridgehead atoms. The van der Waals surface area contributed by atoms with Crippen molar-refractivity contribution in [3.05, 3.63) is 29.8 Å². The molecule has 118 valence electrons. The van der Waals surface area contributed by atoms with Gasteiger partial charge < -0.3 is 19.9 Å². The van der Waals surface area contributed by atoms with E-state index in [1.165, 1.54) is 12.1 Å². The molecular formula is C15H19FN4O2. The number of rotatable bonds is 4. The van der Waals surface area contributed by atoms with Crippen LogP contribution in [-0.4, -0.2) is 47.8 Å². The van der Waals surface area contributed by atoms with Crippen molar-refractivity contribution in [2.45, 2.75) is 12.5 Å². The van der Waals surface area contributed by atoms with E-state index >= 15 is 0 Å². The molecule has 0 spiro atoms. The predicted molar refractivity (Wildman–Crippen MR) is 80.0 cm³/mol. The predicted octanol–water partition coefficient (Wildman–Crippen LogP) is 0.359. The first-order chi connectivity index (χ1) is 10.6. The molecule has 7 heteroatoms. The molecule has 1 atom stereocenters. The van der Waals surface area contributed by atoms with E-state index in [0.717, 1.165) is 17.9 Å². The summed E-state index contributed by atoms with van der Waals surface area (Å²) in [4.78, 5) is 16.3. The number of halogens is 1. The lowest BCUT2D eigenvalue weighted by molar-refractivity contribution is -0.134. The average molecular weight is 306 g/mol. The lowest BCUT2D eigenvalue weighted by Gasteiger charge is -2.22. The van der Waals surface area contributed by atoms with Crippen LogP contribution in [0.3, 0.4) is 0 Å². The third kappa shape index (κ3) is 3.10. The molecule has 2 N–H and O–H groups in total. The van der Waals surface area contributed by atoms with Crippen LogP contribution >= 0.6 is 0 Å². The van der Waals surface area contributed by atoms with Gasteiger partial charge in [0.15, 0.2) is 0 Å². The van der Waals surface area contributed by atoms with Crippen molar-refractivity contribution in [1.82, 2.24) is 20.2 Å². The summed E-state index contributed by atoms with van der Waals surface area (Å²) in [5.74, 6) is 0.396. The number of carbonyl (C=O) groups is 1. The van der Waals surface area contributed by atoms with E-state index in [9.17, 15) is 9.18 Å². The number of aryl methyl sites for hydroxylation is 1. The van der Waals surface area contributed by atoms with Crippen molar-refractivity contribution in [2.24, 2.45) is 7.05 Å². The Morgan fingerprint density at radius 1 is 1.59 bits per heavy atom. The number of carbonyl (C=O) groups excluding carboxylic acids is 1. The van der Waals surface area contributed by atoms with Gasteiger partial charge in [-0.3, -0.25) is 4.79 Å². The van der Waals surface area contributed by atoms with Crippen molar-refractivity contribution < 1.29 is 13.9 Å². The molecule has 2 heterocycles. The third-order valence-corrected chi connectivity index (χ3v) is 3.80. The number of fused-ring (bicyclic) bond motifs is 1.